The summed E-state index contributed by atoms with van der Waals surface area (Å²) in [5.41, 5.74) is 10.9. The van der Waals surface area contributed by atoms with E-state index in [1.54, 1.807) is 0 Å². The molecule has 3 aromatic rings. The number of pyridine rings is 1. The Bertz CT molecular complexity index is 710. The van der Waals surface area contributed by atoms with Crippen molar-refractivity contribution in [2.24, 2.45) is 7.05 Å². The van der Waals surface area contributed by atoms with Gasteiger partial charge in [0.25, 0.3) is 0 Å². The summed E-state index contributed by atoms with van der Waals surface area (Å²) in [6, 6.07) is 8.04. The first-order valence-corrected chi connectivity index (χ1v) is 5.79. The molecule has 0 spiro atoms. The Kier molecular flexibility index (Phi) is 2.30. The molecule has 0 atom stereocenters. The van der Waals surface area contributed by atoms with Crippen LogP contribution in [0.5, 0.6) is 0 Å². The number of nitrogens with zero attached hydrogens (tertiary/aromatic N) is 3. The fourth-order valence-electron chi connectivity index (χ4n) is 2.09. The number of anilines is 1. The van der Waals surface area contributed by atoms with Gasteiger partial charge in [-0.15, -0.1) is 0 Å². The number of nitrogens with two attached hydrogens (primary N) is 1. The quantitative estimate of drug-likeness (QED) is 0.663. The van der Waals surface area contributed by atoms with Gasteiger partial charge in [-0.2, -0.15) is 5.10 Å². The van der Waals surface area contributed by atoms with E-state index in [0.717, 1.165) is 33.4 Å². The van der Waals surface area contributed by atoms with E-state index in [4.69, 9.17) is 5.73 Å². The minimum absolute atomic E-state index is 0.751. The van der Waals surface area contributed by atoms with E-state index in [9.17, 15) is 0 Å². The molecule has 18 heavy (non-hydrogen) atoms. The molecule has 4 heteroatoms. The highest BCUT2D eigenvalue weighted by molar-refractivity contribution is 5.91. The number of nitrogen functional groups attached to an aromatic ring is 1. The molecule has 90 valence electrons. The molecule has 0 aliphatic heterocycles. The van der Waals surface area contributed by atoms with Gasteiger partial charge in [0.15, 0.2) is 0 Å². The van der Waals surface area contributed by atoms with E-state index < -0.39 is 0 Å². The van der Waals surface area contributed by atoms with Crippen molar-refractivity contribution in [2.75, 3.05) is 5.73 Å². The van der Waals surface area contributed by atoms with Gasteiger partial charge >= 0.3 is 0 Å². The number of benzene rings is 1. The number of aromatic nitrogens is 3. The van der Waals surface area contributed by atoms with Gasteiger partial charge in [-0.25, -0.2) is 0 Å². The highest BCUT2D eigenvalue weighted by Crippen LogP contribution is 2.29. The van der Waals surface area contributed by atoms with Crippen molar-refractivity contribution in [1.29, 1.82) is 0 Å². The molecule has 0 saturated carbocycles. The van der Waals surface area contributed by atoms with E-state index >= 15 is 0 Å². The van der Waals surface area contributed by atoms with Crippen LogP contribution >= 0.6 is 0 Å². The molecule has 2 aromatic heterocycles. The van der Waals surface area contributed by atoms with Gasteiger partial charge in [-0.1, -0.05) is 6.07 Å². The van der Waals surface area contributed by atoms with Crippen LogP contribution in [0.1, 0.15) is 5.69 Å². The summed E-state index contributed by atoms with van der Waals surface area (Å²) in [4.78, 5) is 4.31. The molecule has 2 N–H and O–H groups in total. The molecule has 0 bridgehead atoms. The van der Waals surface area contributed by atoms with E-state index in [-0.39, 0.29) is 0 Å². The smallest absolute Gasteiger partial charge is 0.0686 e. The Balaban J connectivity index is 2.24. The minimum atomic E-state index is 0.751. The monoisotopic (exact) mass is 238 g/mol. The molecule has 0 saturated heterocycles. The Labute approximate surface area is 105 Å². The molecule has 3 rings (SSSR count). The van der Waals surface area contributed by atoms with Crippen molar-refractivity contribution < 1.29 is 0 Å². The Morgan fingerprint density at radius 1 is 1.17 bits per heavy atom. The molecule has 2 heterocycles. The number of fused-ring (bicyclic) bond motifs is 1. The van der Waals surface area contributed by atoms with Crippen LogP contribution in [0.4, 0.5) is 5.69 Å². The van der Waals surface area contributed by atoms with E-state index in [2.05, 4.69) is 16.1 Å². The van der Waals surface area contributed by atoms with Crippen LogP contribution in [0.3, 0.4) is 0 Å². The van der Waals surface area contributed by atoms with Crippen LogP contribution in [0.2, 0.25) is 0 Å². The lowest BCUT2D eigenvalue weighted by molar-refractivity contribution is 0.797. The second kappa shape index (κ2) is 3.84. The fourth-order valence-corrected chi connectivity index (χ4v) is 2.09. The van der Waals surface area contributed by atoms with Crippen LogP contribution in [0.15, 0.2) is 36.7 Å². The molecule has 0 unspecified atom stereocenters. The number of rotatable bonds is 1. The lowest BCUT2D eigenvalue weighted by atomic mass is 10.0. The third-order valence-corrected chi connectivity index (χ3v) is 3.14. The van der Waals surface area contributed by atoms with E-state index in [1.807, 2.05) is 49.2 Å². The second-order valence-electron chi connectivity index (χ2n) is 4.45. The van der Waals surface area contributed by atoms with Crippen molar-refractivity contribution in [1.82, 2.24) is 14.8 Å². The third-order valence-electron chi connectivity index (χ3n) is 3.14. The van der Waals surface area contributed by atoms with Crippen LogP contribution in [0.25, 0.3) is 22.0 Å². The number of hydrogen-bond acceptors (Lipinski definition) is 3. The van der Waals surface area contributed by atoms with Gasteiger partial charge in [-0.3, -0.25) is 9.67 Å². The Morgan fingerprint density at radius 3 is 2.72 bits per heavy atom. The summed E-state index contributed by atoms with van der Waals surface area (Å²) in [6.07, 6.45) is 3.67. The second-order valence-corrected chi connectivity index (χ2v) is 4.45. The molecular weight excluding hydrogens is 224 g/mol. The molecule has 0 aliphatic carbocycles. The van der Waals surface area contributed by atoms with Gasteiger partial charge in [0.1, 0.15) is 0 Å². The van der Waals surface area contributed by atoms with E-state index in [0.29, 0.717) is 0 Å². The summed E-state index contributed by atoms with van der Waals surface area (Å²) in [5, 5.41) is 5.29. The van der Waals surface area contributed by atoms with Crippen molar-refractivity contribution in [2.45, 2.75) is 6.92 Å². The summed E-state index contributed by atoms with van der Waals surface area (Å²) in [7, 11) is 1.93. The maximum atomic E-state index is 6.10. The molecule has 4 nitrogen and oxygen atoms in total. The van der Waals surface area contributed by atoms with E-state index in [1.165, 1.54) is 0 Å². The zero-order chi connectivity index (χ0) is 12.7. The standard InChI is InChI=1S/C14H14N4/c1-9-3-4-10(7-16-9)12-6-14-11(5-13(12)15)8-17-18(14)2/h3-8H,15H2,1-2H3. The molecule has 1 aromatic carbocycles. The number of aryl methyl sites for hydroxylation is 2. The highest BCUT2D eigenvalue weighted by Gasteiger charge is 2.07. The first-order valence-electron chi connectivity index (χ1n) is 5.79. The maximum absolute atomic E-state index is 6.10. The zero-order valence-electron chi connectivity index (χ0n) is 10.4. The zero-order valence-corrected chi connectivity index (χ0v) is 10.4. The molecule has 0 aliphatic rings. The van der Waals surface area contributed by atoms with Crippen LogP contribution < -0.4 is 5.73 Å². The van der Waals surface area contributed by atoms with Crippen molar-refractivity contribution in [3.8, 4) is 11.1 Å². The molecule has 0 amide bonds. The average molecular weight is 238 g/mol. The molecule has 0 fully saturated rings. The summed E-state index contributed by atoms with van der Waals surface area (Å²) < 4.78 is 1.85. The van der Waals surface area contributed by atoms with Gasteiger partial charge in [0, 0.05) is 41.1 Å². The first kappa shape index (κ1) is 10.8. The highest BCUT2D eigenvalue weighted by atomic mass is 15.2. The van der Waals surface area contributed by atoms with Crippen molar-refractivity contribution in [3.63, 3.8) is 0 Å². The third kappa shape index (κ3) is 1.62. The van der Waals surface area contributed by atoms with Gasteiger partial charge < -0.3 is 5.73 Å². The largest absolute Gasteiger partial charge is 0.398 e. The topological polar surface area (TPSA) is 56.7 Å². The fraction of sp³-hybridized carbons (Fsp3) is 0.143. The Hall–Kier alpha value is -2.36. The maximum Gasteiger partial charge on any atom is 0.0686 e. The molecular formula is C14H14N4. The van der Waals surface area contributed by atoms with Crippen molar-refractivity contribution >= 4 is 16.6 Å². The van der Waals surface area contributed by atoms with Gasteiger partial charge in [0.05, 0.1) is 11.7 Å². The number of hydrogen-bond donors (Lipinski definition) is 1. The first-order chi connectivity index (χ1) is 8.65. The predicted molar refractivity (Wildman–Crippen MR) is 73.1 cm³/mol. The van der Waals surface area contributed by atoms with Crippen LogP contribution in [0, 0.1) is 6.92 Å². The van der Waals surface area contributed by atoms with Crippen LogP contribution in [-0.2, 0) is 7.05 Å². The van der Waals surface area contributed by atoms with Gasteiger partial charge in [-0.05, 0) is 25.1 Å². The van der Waals surface area contributed by atoms with Gasteiger partial charge in [0.2, 0.25) is 0 Å². The lowest BCUT2D eigenvalue weighted by Crippen LogP contribution is -1.94. The summed E-state index contributed by atoms with van der Waals surface area (Å²) >= 11 is 0. The van der Waals surface area contributed by atoms with Crippen LogP contribution in [-0.4, -0.2) is 14.8 Å². The summed E-state index contributed by atoms with van der Waals surface area (Å²) in [5.74, 6) is 0. The predicted octanol–water partition coefficient (Wildman–Crippen LogP) is 2.53. The lowest BCUT2D eigenvalue weighted by Gasteiger charge is -2.07. The average Bonchev–Trinajstić information content (AvgIpc) is 2.71. The Morgan fingerprint density at radius 2 is 2.00 bits per heavy atom. The van der Waals surface area contributed by atoms with Crippen molar-refractivity contribution in [3.05, 3.63) is 42.4 Å². The normalized spacial score (nSPS) is 11.0. The SMILES string of the molecule is Cc1ccc(-c2cc3c(cnn3C)cc2N)cn1. The molecule has 0 radical (unpaired) electrons. The summed E-state index contributed by atoms with van der Waals surface area (Å²) in [6.45, 7) is 1.97. The minimum Gasteiger partial charge on any atom is -0.398 e.